The summed E-state index contributed by atoms with van der Waals surface area (Å²) < 4.78 is 17.6. The summed E-state index contributed by atoms with van der Waals surface area (Å²) in [5.74, 6) is 3.08. The number of benzene rings is 2. The molecule has 0 radical (unpaired) electrons. The zero-order chi connectivity index (χ0) is 23.4. The summed E-state index contributed by atoms with van der Waals surface area (Å²) in [4.78, 5) is 0. The summed E-state index contributed by atoms with van der Waals surface area (Å²) in [5, 5.41) is 0. The first-order valence-electron chi connectivity index (χ1n) is 12.3. The molecule has 2 aromatic heterocycles. The van der Waals surface area contributed by atoms with Gasteiger partial charge in [-0.25, -0.2) is 0 Å². The number of hydrogen-bond donors (Lipinski definition) is 0. The number of para-hydroxylation sites is 2. The summed E-state index contributed by atoms with van der Waals surface area (Å²) in [5.41, 5.74) is 9.44. The Labute approximate surface area is 203 Å². The van der Waals surface area contributed by atoms with E-state index in [4.69, 9.17) is 9.47 Å². The minimum Gasteiger partial charge on any atom is -0.493 e. The Morgan fingerprint density at radius 2 is 1.47 bits per heavy atom. The van der Waals surface area contributed by atoms with Crippen molar-refractivity contribution in [2.45, 2.75) is 52.1 Å². The Morgan fingerprint density at radius 3 is 2.09 bits per heavy atom. The molecule has 0 N–H and O–H groups in total. The molecule has 0 fully saturated rings. The van der Waals surface area contributed by atoms with Gasteiger partial charge in [0.05, 0.1) is 7.11 Å². The van der Waals surface area contributed by atoms with Gasteiger partial charge < -0.3 is 18.1 Å². The second-order valence-corrected chi connectivity index (χ2v) is 11.1. The molecule has 2 aromatic carbocycles. The van der Waals surface area contributed by atoms with Crippen LogP contribution in [0.2, 0.25) is 0 Å². The van der Waals surface area contributed by atoms with Crippen molar-refractivity contribution < 1.29 is 9.47 Å². The van der Waals surface area contributed by atoms with Crippen LogP contribution >= 0.6 is 8.22 Å². The van der Waals surface area contributed by atoms with Crippen LogP contribution in [0.15, 0.2) is 60.7 Å². The molecule has 0 atom stereocenters. The quantitative estimate of drug-likeness (QED) is 0.249. The van der Waals surface area contributed by atoms with Crippen LogP contribution in [0, 0.1) is 0 Å². The van der Waals surface area contributed by atoms with Crippen LogP contribution in [0.25, 0.3) is 0 Å². The Morgan fingerprint density at radius 1 is 0.853 bits per heavy atom. The summed E-state index contributed by atoms with van der Waals surface area (Å²) >= 11 is 0. The van der Waals surface area contributed by atoms with Crippen LogP contribution in [-0.2, 0) is 25.4 Å². The molecule has 6 rings (SSSR count). The number of nitrogens with zero attached hydrogens (tertiary/aromatic N) is 2. The predicted molar refractivity (Wildman–Crippen MR) is 139 cm³/mol. The lowest BCUT2D eigenvalue weighted by atomic mass is 9.98. The summed E-state index contributed by atoms with van der Waals surface area (Å²) in [6.45, 7) is 6.88. The second-order valence-electron chi connectivity index (χ2n) is 9.21. The Kier molecular flexibility index (Phi) is 5.30. The molecule has 4 nitrogen and oxygen atoms in total. The first kappa shape index (κ1) is 21.6. The van der Waals surface area contributed by atoms with E-state index in [1.54, 1.807) is 7.11 Å². The molecule has 4 heterocycles. The van der Waals surface area contributed by atoms with E-state index < -0.39 is 8.22 Å². The van der Waals surface area contributed by atoms with Crippen molar-refractivity contribution in [3.05, 3.63) is 100 Å². The van der Waals surface area contributed by atoms with Gasteiger partial charge in [0, 0.05) is 52.4 Å². The topological polar surface area (TPSA) is 28.3 Å². The molecule has 0 spiro atoms. The number of aryl methyl sites for hydroxylation is 2. The number of aromatic nitrogens is 2. The minimum atomic E-state index is -0.657. The van der Waals surface area contributed by atoms with Gasteiger partial charge in [0.15, 0.2) is 11.5 Å². The monoisotopic (exact) mass is 470 g/mol. The van der Waals surface area contributed by atoms with E-state index >= 15 is 0 Å². The van der Waals surface area contributed by atoms with E-state index in [2.05, 4.69) is 78.0 Å². The minimum absolute atomic E-state index is 0.399. The van der Waals surface area contributed by atoms with Crippen molar-refractivity contribution in [1.29, 1.82) is 0 Å². The van der Waals surface area contributed by atoms with Crippen molar-refractivity contribution in [3.63, 3.8) is 0 Å². The third kappa shape index (κ3) is 3.15. The fraction of sp³-hybridized carbons (Fsp3) is 0.310. The lowest BCUT2D eigenvalue weighted by Gasteiger charge is -2.36. The van der Waals surface area contributed by atoms with Gasteiger partial charge in [-0.3, -0.25) is 0 Å². The lowest BCUT2D eigenvalue weighted by molar-refractivity contribution is 0.370. The van der Waals surface area contributed by atoms with Gasteiger partial charge in [-0.05, 0) is 48.7 Å². The molecular weight excluding hydrogens is 439 g/mol. The third-order valence-corrected chi connectivity index (χ3v) is 9.88. The highest BCUT2D eigenvalue weighted by Gasteiger charge is 2.34. The first-order chi connectivity index (χ1) is 16.6. The molecule has 174 valence electrons. The Bertz CT molecular complexity index is 1330. The molecule has 0 bridgehead atoms. The number of ether oxygens (including phenoxy) is 2. The maximum atomic E-state index is 6.61. The largest absolute Gasteiger partial charge is 0.493 e. The van der Waals surface area contributed by atoms with Crippen LogP contribution in [0.4, 0.5) is 0 Å². The number of fused-ring (bicyclic) bond motifs is 4. The van der Waals surface area contributed by atoms with Crippen molar-refractivity contribution in [1.82, 2.24) is 8.68 Å². The second kappa shape index (κ2) is 8.36. The molecule has 2 aliphatic rings. The smallest absolute Gasteiger partial charge is 0.172 e. The Hall–Kier alpha value is -2.97. The van der Waals surface area contributed by atoms with Crippen molar-refractivity contribution in [2.75, 3.05) is 7.11 Å². The number of hydrogen-bond acceptors (Lipinski definition) is 2. The molecule has 4 aromatic rings. The van der Waals surface area contributed by atoms with Crippen molar-refractivity contribution in [2.24, 2.45) is 0 Å². The van der Waals surface area contributed by atoms with E-state index in [9.17, 15) is 0 Å². The van der Waals surface area contributed by atoms with Gasteiger partial charge in [0.1, 0.15) is 14.0 Å². The third-order valence-electron chi connectivity index (χ3n) is 7.35. The van der Waals surface area contributed by atoms with E-state index in [0.29, 0.717) is 5.92 Å². The van der Waals surface area contributed by atoms with E-state index in [1.165, 1.54) is 39.5 Å². The van der Waals surface area contributed by atoms with Crippen LogP contribution in [0.3, 0.4) is 0 Å². The molecule has 2 aliphatic heterocycles. The molecule has 0 amide bonds. The van der Waals surface area contributed by atoms with E-state index in [0.717, 1.165) is 42.7 Å². The average Bonchev–Trinajstić information content (AvgIpc) is 3.50. The average molecular weight is 471 g/mol. The van der Waals surface area contributed by atoms with Crippen molar-refractivity contribution >= 4 is 8.22 Å². The van der Waals surface area contributed by atoms with Crippen LogP contribution in [-0.4, -0.2) is 15.8 Å². The first-order valence-corrected chi connectivity index (χ1v) is 13.7. The molecule has 0 unspecified atom stereocenters. The normalized spacial score (nSPS) is 17.9. The number of methoxy groups -OCH3 is 1. The maximum absolute atomic E-state index is 6.61. The fourth-order valence-electron chi connectivity index (χ4n) is 5.58. The summed E-state index contributed by atoms with van der Waals surface area (Å²) in [7, 11) is 1.06. The van der Waals surface area contributed by atoms with E-state index in [1.807, 2.05) is 12.1 Å². The van der Waals surface area contributed by atoms with E-state index in [-0.39, 0.29) is 0 Å². The molecular formula is C29H31N2O2P. The van der Waals surface area contributed by atoms with Gasteiger partial charge in [0.2, 0.25) is 0 Å². The number of rotatable bonds is 5. The lowest BCUT2D eigenvalue weighted by Crippen LogP contribution is -2.21. The zero-order valence-corrected chi connectivity index (χ0v) is 21.2. The van der Waals surface area contributed by atoms with Crippen LogP contribution < -0.4 is 9.47 Å². The highest BCUT2D eigenvalue weighted by atomic mass is 31.1. The molecule has 5 heteroatoms. The maximum Gasteiger partial charge on any atom is 0.172 e. The Balaban J connectivity index is 1.47. The summed E-state index contributed by atoms with van der Waals surface area (Å²) in [6, 6.07) is 22.2. The highest BCUT2D eigenvalue weighted by Crippen LogP contribution is 2.56. The van der Waals surface area contributed by atoms with Crippen molar-refractivity contribution in [3.8, 4) is 17.2 Å². The zero-order valence-electron chi connectivity index (χ0n) is 20.3. The highest BCUT2D eigenvalue weighted by molar-refractivity contribution is 7.53. The summed E-state index contributed by atoms with van der Waals surface area (Å²) in [6.07, 6.45) is 3.89. The van der Waals surface area contributed by atoms with Crippen LogP contribution in [0.1, 0.15) is 66.2 Å². The molecule has 0 aliphatic carbocycles. The standard InChI is InChI=1S/C29H31N2O2P/c1-5-23-13-15-25-19(3)26-16-14-24(6-2)31(26)34(30(23)25)18-22-11-7-9-20-17-21-10-8-12-27(32-4)29(21)33-28(20)22/h7-16,19H,5-6,17-18H2,1-4H3. The van der Waals surface area contributed by atoms with Gasteiger partial charge in [-0.2, -0.15) is 0 Å². The van der Waals surface area contributed by atoms with Gasteiger partial charge in [-0.1, -0.05) is 51.1 Å². The molecule has 34 heavy (non-hydrogen) atoms. The fourth-order valence-corrected chi connectivity index (χ4v) is 8.62. The molecule has 0 saturated heterocycles. The van der Waals surface area contributed by atoms with Gasteiger partial charge in [0.25, 0.3) is 0 Å². The predicted octanol–water partition coefficient (Wildman–Crippen LogP) is 7.49. The van der Waals surface area contributed by atoms with Crippen LogP contribution in [0.5, 0.6) is 17.2 Å². The van der Waals surface area contributed by atoms with Gasteiger partial charge >= 0.3 is 0 Å². The SMILES string of the molecule is CCc1ccc2n1P(Cc1cccc3c1Oc1c(cccc1OC)C3)n1c(CC)ccc1C2C. The molecule has 0 saturated carbocycles. The van der Waals surface area contributed by atoms with Gasteiger partial charge in [-0.15, -0.1) is 0 Å².